The van der Waals surface area contributed by atoms with E-state index in [1.54, 1.807) is 6.33 Å². The highest BCUT2D eigenvalue weighted by Gasteiger charge is 2.39. The van der Waals surface area contributed by atoms with E-state index in [4.69, 9.17) is 4.98 Å². The van der Waals surface area contributed by atoms with Crippen molar-refractivity contribution in [2.45, 2.75) is 56.7 Å². The first-order chi connectivity index (χ1) is 16.5. The first-order valence-corrected chi connectivity index (χ1v) is 12.4. The van der Waals surface area contributed by atoms with Crippen molar-refractivity contribution in [2.75, 3.05) is 19.6 Å². The minimum Gasteiger partial charge on any atom is -0.388 e. The quantitative estimate of drug-likeness (QED) is 0.605. The summed E-state index contributed by atoms with van der Waals surface area (Å²) in [4.78, 5) is 20.7. The number of rotatable bonds is 5. The van der Waals surface area contributed by atoms with Gasteiger partial charge < -0.3 is 19.9 Å². The van der Waals surface area contributed by atoms with Gasteiger partial charge in [0.25, 0.3) is 5.91 Å². The molecule has 3 aromatic rings. The molecule has 6 heteroatoms. The Morgan fingerprint density at radius 1 is 1.12 bits per heavy atom. The van der Waals surface area contributed by atoms with Gasteiger partial charge >= 0.3 is 0 Å². The normalized spacial score (nSPS) is 25.3. The molecule has 1 saturated heterocycles. The molecule has 2 heterocycles. The van der Waals surface area contributed by atoms with E-state index in [-0.39, 0.29) is 18.0 Å². The number of hydrogen-bond acceptors (Lipinski definition) is 4. The van der Waals surface area contributed by atoms with E-state index < -0.39 is 5.60 Å². The minimum absolute atomic E-state index is 0.0320. The Hall–Kier alpha value is -2.96. The van der Waals surface area contributed by atoms with Crippen LogP contribution < -0.4 is 5.32 Å². The van der Waals surface area contributed by atoms with Gasteiger partial charge in [-0.25, -0.2) is 4.98 Å². The molecule has 6 nitrogen and oxygen atoms in total. The van der Waals surface area contributed by atoms with Gasteiger partial charge in [-0.2, -0.15) is 0 Å². The zero-order valence-electron chi connectivity index (χ0n) is 19.9. The van der Waals surface area contributed by atoms with E-state index in [9.17, 15) is 9.90 Å². The number of nitrogens with zero attached hydrogens (tertiary/aromatic N) is 3. The van der Waals surface area contributed by atoms with Gasteiger partial charge in [0.1, 0.15) is 0 Å². The Kier molecular flexibility index (Phi) is 6.53. The molecule has 1 amide bonds. The lowest BCUT2D eigenvalue weighted by atomic mass is 9.81. The van der Waals surface area contributed by atoms with Crippen molar-refractivity contribution in [3.05, 3.63) is 78.2 Å². The molecule has 1 aliphatic carbocycles. The highest BCUT2D eigenvalue weighted by atomic mass is 16.3. The molecular formula is C28H34N4O2. The number of piperazine rings is 1. The van der Waals surface area contributed by atoms with Crippen molar-refractivity contribution in [2.24, 2.45) is 0 Å². The third-order valence-corrected chi connectivity index (χ3v) is 7.43. The van der Waals surface area contributed by atoms with Crippen LogP contribution in [0.15, 0.2) is 67.0 Å². The predicted octanol–water partition coefficient (Wildman–Crippen LogP) is 4.07. The molecule has 2 fully saturated rings. The number of carbonyl (C=O) groups excluding carboxylic acids is 1. The molecule has 3 atom stereocenters. The second kappa shape index (κ2) is 9.72. The van der Waals surface area contributed by atoms with Gasteiger partial charge in [0, 0.05) is 31.2 Å². The minimum atomic E-state index is -0.826. The van der Waals surface area contributed by atoms with Crippen molar-refractivity contribution >= 4 is 5.91 Å². The second-order valence-electron chi connectivity index (χ2n) is 9.88. The molecule has 34 heavy (non-hydrogen) atoms. The monoisotopic (exact) mass is 458 g/mol. The van der Waals surface area contributed by atoms with E-state index in [2.05, 4.69) is 22.0 Å². The molecule has 2 aromatic carbocycles. The molecule has 178 valence electrons. The highest BCUT2D eigenvalue weighted by molar-refractivity contribution is 5.98. The lowest BCUT2D eigenvalue weighted by Crippen LogP contribution is -2.54. The fourth-order valence-corrected chi connectivity index (χ4v) is 5.61. The van der Waals surface area contributed by atoms with Crippen LogP contribution in [0.5, 0.6) is 0 Å². The Morgan fingerprint density at radius 2 is 1.85 bits per heavy atom. The zero-order valence-corrected chi connectivity index (χ0v) is 19.9. The SMILES string of the molecule is C[C@]1(O)CCCC[C@@H]1n1cnc(C(=O)N2CCNC[C@H]2Cc2ccccc2)c1-c1ccccc1. The van der Waals surface area contributed by atoms with Crippen LogP contribution in [-0.4, -0.2) is 56.7 Å². The van der Waals surface area contributed by atoms with Crippen LogP contribution in [0.3, 0.4) is 0 Å². The number of carbonyl (C=O) groups is 1. The van der Waals surface area contributed by atoms with Crippen molar-refractivity contribution in [1.82, 2.24) is 19.8 Å². The maximum absolute atomic E-state index is 14.0. The van der Waals surface area contributed by atoms with Gasteiger partial charge in [-0.1, -0.05) is 73.5 Å². The van der Waals surface area contributed by atoms with Gasteiger partial charge in [-0.05, 0) is 31.7 Å². The number of hydrogen-bond donors (Lipinski definition) is 2. The van der Waals surface area contributed by atoms with E-state index in [1.165, 1.54) is 5.56 Å². The van der Waals surface area contributed by atoms with Crippen LogP contribution in [0.25, 0.3) is 11.3 Å². The van der Waals surface area contributed by atoms with Crippen LogP contribution in [0.2, 0.25) is 0 Å². The van der Waals surface area contributed by atoms with Gasteiger partial charge in [-0.3, -0.25) is 4.79 Å². The molecule has 1 aliphatic heterocycles. The fourth-order valence-electron chi connectivity index (χ4n) is 5.61. The van der Waals surface area contributed by atoms with Crippen molar-refractivity contribution < 1.29 is 9.90 Å². The van der Waals surface area contributed by atoms with E-state index in [1.807, 2.05) is 60.4 Å². The number of nitrogens with one attached hydrogen (secondary N) is 1. The lowest BCUT2D eigenvalue weighted by molar-refractivity contribution is -0.0243. The molecule has 2 aliphatic rings. The average Bonchev–Trinajstić information content (AvgIpc) is 3.29. The number of amides is 1. The summed E-state index contributed by atoms with van der Waals surface area (Å²) in [7, 11) is 0. The van der Waals surface area contributed by atoms with Gasteiger partial charge in [0.15, 0.2) is 5.69 Å². The first-order valence-electron chi connectivity index (χ1n) is 12.4. The van der Waals surface area contributed by atoms with Crippen molar-refractivity contribution in [3.8, 4) is 11.3 Å². The number of benzene rings is 2. The maximum atomic E-state index is 14.0. The summed E-state index contributed by atoms with van der Waals surface area (Å²) in [6.45, 7) is 4.10. The summed E-state index contributed by atoms with van der Waals surface area (Å²) >= 11 is 0. The number of imidazole rings is 1. The molecule has 1 aromatic heterocycles. The molecule has 5 rings (SSSR count). The summed E-state index contributed by atoms with van der Waals surface area (Å²) in [5, 5.41) is 14.7. The van der Waals surface area contributed by atoms with Gasteiger partial charge in [-0.15, -0.1) is 0 Å². The third-order valence-electron chi connectivity index (χ3n) is 7.43. The summed E-state index contributed by atoms with van der Waals surface area (Å²) in [6.07, 6.45) is 6.29. The van der Waals surface area contributed by atoms with Crippen molar-refractivity contribution in [3.63, 3.8) is 0 Å². The number of aromatic nitrogens is 2. The van der Waals surface area contributed by atoms with Crippen LogP contribution >= 0.6 is 0 Å². The molecule has 0 radical (unpaired) electrons. The van der Waals surface area contributed by atoms with Gasteiger partial charge in [0.05, 0.1) is 23.7 Å². The smallest absolute Gasteiger partial charge is 0.275 e. The molecule has 2 N–H and O–H groups in total. The number of aliphatic hydroxyl groups is 1. The highest BCUT2D eigenvalue weighted by Crippen LogP contribution is 2.40. The van der Waals surface area contributed by atoms with E-state index in [0.29, 0.717) is 12.2 Å². The Balaban J connectivity index is 1.52. The standard InChI is InChI=1S/C28H34N4O2/c1-28(34)15-9-8-14-24(28)32-20-30-25(26(32)22-12-6-3-7-13-22)27(33)31-17-16-29-19-23(31)18-21-10-4-2-5-11-21/h2-7,10-13,20,23-24,29,34H,8-9,14-19H2,1H3/t23-,24+,28+/m1/s1. The van der Waals surface area contributed by atoms with Crippen molar-refractivity contribution in [1.29, 1.82) is 0 Å². The van der Waals surface area contributed by atoms with Crippen LogP contribution in [-0.2, 0) is 6.42 Å². The predicted molar refractivity (Wildman–Crippen MR) is 134 cm³/mol. The zero-order chi connectivity index (χ0) is 23.5. The lowest BCUT2D eigenvalue weighted by Gasteiger charge is -2.39. The molecule has 0 bridgehead atoms. The fraction of sp³-hybridized carbons (Fsp3) is 0.429. The van der Waals surface area contributed by atoms with Gasteiger partial charge in [0.2, 0.25) is 0 Å². The van der Waals surface area contributed by atoms with Crippen LogP contribution in [0.4, 0.5) is 0 Å². The third kappa shape index (κ3) is 4.52. The maximum Gasteiger partial charge on any atom is 0.275 e. The second-order valence-corrected chi connectivity index (χ2v) is 9.88. The summed E-state index contributed by atoms with van der Waals surface area (Å²) in [5.74, 6) is -0.0320. The molecule has 0 spiro atoms. The van der Waals surface area contributed by atoms with E-state index in [0.717, 1.165) is 56.5 Å². The summed E-state index contributed by atoms with van der Waals surface area (Å²) in [6, 6.07) is 20.3. The first kappa shape index (κ1) is 22.8. The molecular weight excluding hydrogens is 424 g/mol. The Bertz CT molecular complexity index is 1110. The molecule has 1 saturated carbocycles. The van der Waals surface area contributed by atoms with E-state index >= 15 is 0 Å². The van der Waals surface area contributed by atoms with Crippen LogP contribution in [0, 0.1) is 0 Å². The Morgan fingerprint density at radius 3 is 2.59 bits per heavy atom. The summed E-state index contributed by atoms with van der Waals surface area (Å²) < 4.78 is 2.07. The molecule has 0 unspecified atom stereocenters. The average molecular weight is 459 g/mol. The largest absolute Gasteiger partial charge is 0.388 e. The van der Waals surface area contributed by atoms with Crippen LogP contribution in [0.1, 0.15) is 54.7 Å². The summed E-state index contributed by atoms with van der Waals surface area (Å²) in [5.41, 5.74) is 2.65. The topological polar surface area (TPSA) is 70.4 Å². The Labute approximate surface area is 201 Å².